The Morgan fingerprint density at radius 2 is 1.46 bits per heavy atom. The minimum Gasteiger partial charge on any atom is -0.336 e. The molecule has 0 aromatic heterocycles. The Morgan fingerprint density at radius 1 is 0.857 bits per heavy atom. The fourth-order valence-corrected chi connectivity index (χ4v) is 6.06. The molecule has 1 aliphatic carbocycles. The maximum Gasteiger partial charge on any atom is 0.244 e. The van der Waals surface area contributed by atoms with Crippen LogP contribution < -0.4 is 0 Å². The van der Waals surface area contributed by atoms with E-state index in [2.05, 4.69) is 24.3 Å². The number of carbonyl (C=O) groups excluding carboxylic acids is 2. The first-order valence-corrected chi connectivity index (χ1v) is 10.3. The van der Waals surface area contributed by atoms with Crippen molar-refractivity contribution in [2.75, 3.05) is 7.05 Å². The average molecular weight is 374 g/mol. The standard InChI is InChI=1S/C24H26N2O2/c1-25-20(19-13-7-3-8-14-19)24(21(25)27)22(28)26(17-18-11-5-2-6-12-18)23(24)15-9-4-10-16-23/h2-3,5-8,11-14,20H,4,9-10,15-17H2,1H3/t20-,24-/m0/s1. The molecule has 2 aromatic rings. The van der Waals surface area contributed by atoms with E-state index in [1.54, 1.807) is 4.90 Å². The first-order valence-electron chi connectivity index (χ1n) is 10.3. The van der Waals surface area contributed by atoms with Gasteiger partial charge in [0.1, 0.15) is 0 Å². The summed E-state index contributed by atoms with van der Waals surface area (Å²) in [7, 11) is 1.84. The third-order valence-corrected chi connectivity index (χ3v) is 7.27. The number of rotatable bonds is 3. The molecule has 2 heterocycles. The summed E-state index contributed by atoms with van der Waals surface area (Å²) in [5, 5.41) is 0. The molecule has 0 bridgehead atoms. The van der Waals surface area contributed by atoms with E-state index in [4.69, 9.17) is 0 Å². The second-order valence-corrected chi connectivity index (χ2v) is 8.51. The Labute approximate surface area is 166 Å². The van der Waals surface area contributed by atoms with Crippen LogP contribution in [0.3, 0.4) is 0 Å². The molecule has 2 saturated heterocycles. The second-order valence-electron chi connectivity index (χ2n) is 8.51. The highest BCUT2D eigenvalue weighted by molar-refractivity contribution is 6.16. The molecule has 2 spiro atoms. The summed E-state index contributed by atoms with van der Waals surface area (Å²) in [6.45, 7) is 0.597. The van der Waals surface area contributed by atoms with Gasteiger partial charge in [0.2, 0.25) is 11.8 Å². The molecule has 0 N–H and O–H groups in total. The number of hydrogen-bond donors (Lipinski definition) is 0. The Hall–Kier alpha value is -2.62. The smallest absolute Gasteiger partial charge is 0.244 e. The quantitative estimate of drug-likeness (QED) is 0.603. The Balaban J connectivity index is 1.58. The van der Waals surface area contributed by atoms with E-state index in [0.717, 1.165) is 36.8 Å². The van der Waals surface area contributed by atoms with E-state index < -0.39 is 5.41 Å². The van der Waals surface area contributed by atoms with E-state index in [1.165, 1.54) is 6.42 Å². The summed E-state index contributed by atoms with van der Waals surface area (Å²) >= 11 is 0. The first kappa shape index (κ1) is 17.5. The molecule has 2 amide bonds. The third kappa shape index (κ3) is 2.01. The van der Waals surface area contributed by atoms with Crippen molar-refractivity contribution in [3.8, 4) is 0 Å². The predicted molar refractivity (Wildman–Crippen MR) is 107 cm³/mol. The van der Waals surface area contributed by atoms with Gasteiger partial charge in [0.05, 0.1) is 11.6 Å². The molecule has 144 valence electrons. The predicted octanol–water partition coefficient (Wildman–Crippen LogP) is 3.93. The van der Waals surface area contributed by atoms with E-state index in [-0.39, 0.29) is 23.4 Å². The van der Waals surface area contributed by atoms with E-state index in [1.807, 2.05) is 48.3 Å². The molecular formula is C24H26N2O2. The van der Waals surface area contributed by atoms with Gasteiger partial charge in [0.25, 0.3) is 0 Å². The number of nitrogens with zero attached hydrogens (tertiary/aromatic N) is 2. The summed E-state index contributed by atoms with van der Waals surface area (Å²) in [6, 6.07) is 20.1. The van der Waals surface area contributed by atoms with Crippen molar-refractivity contribution in [2.24, 2.45) is 5.41 Å². The van der Waals surface area contributed by atoms with Crippen LogP contribution in [0.15, 0.2) is 60.7 Å². The highest BCUT2D eigenvalue weighted by Gasteiger charge is 2.83. The monoisotopic (exact) mass is 374 g/mol. The lowest BCUT2D eigenvalue weighted by Gasteiger charge is -2.73. The van der Waals surface area contributed by atoms with Gasteiger partial charge in [-0.1, -0.05) is 79.9 Å². The van der Waals surface area contributed by atoms with Gasteiger partial charge < -0.3 is 9.80 Å². The van der Waals surface area contributed by atoms with Crippen molar-refractivity contribution in [3.63, 3.8) is 0 Å². The minimum atomic E-state index is -0.904. The third-order valence-electron chi connectivity index (χ3n) is 7.27. The number of carbonyl (C=O) groups is 2. The van der Waals surface area contributed by atoms with Gasteiger partial charge >= 0.3 is 0 Å². The van der Waals surface area contributed by atoms with Gasteiger partial charge in [-0.3, -0.25) is 9.59 Å². The van der Waals surface area contributed by atoms with Crippen LogP contribution in [0.25, 0.3) is 0 Å². The molecule has 1 saturated carbocycles. The van der Waals surface area contributed by atoms with Gasteiger partial charge in [-0.05, 0) is 24.0 Å². The molecule has 0 unspecified atom stereocenters. The Kier molecular flexibility index (Phi) is 3.87. The molecule has 5 rings (SSSR count). The zero-order chi connectivity index (χ0) is 19.4. The fourth-order valence-electron chi connectivity index (χ4n) is 6.06. The number of likely N-dealkylation sites (tertiary alicyclic amines) is 2. The molecule has 4 nitrogen and oxygen atoms in total. The van der Waals surface area contributed by atoms with Gasteiger partial charge in [0.15, 0.2) is 5.41 Å². The number of fused-ring (bicyclic) bond motifs is 1. The number of amides is 2. The van der Waals surface area contributed by atoms with Crippen molar-refractivity contribution in [1.29, 1.82) is 0 Å². The largest absolute Gasteiger partial charge is 0.336 e. The van der Waals surface area contributed by atoms with Crippen LogP contribution in [0.2, 0.25) is 0 Å². The lowest BCUT2D eigenvalue weighted by Crippen LogP contribution is -2.89. The number of β-lactam (4-membered cyclic amide) rings is 2. The number of hydrogen-bond acceptors (Lipinski definition) is 2. The molecule has 0 radical (unpaired) electrons. The average Bonchev–Trinajstić information content (AvgIpc) is 2.76. The molecule has 4 heteroatoms. The van der Waals surface area contributed by atoms with Crippen LogP contribution in [-0.2, 0) is 16.1 Å². The summed E-state index contributed by atoms with van der Waals surface area (Å²) in [4.78, 5) is 30.8. The van der Waals surface area contributed by atoms with Crippen LogP contribution in [0, 0.1) is 5.41 Å². The topological polar surface area (TPSA) is 40.6 Å². The van der Waals surface area contributed by atoms with E-state index in [0.29, 0.717) is 6.54 Å². The highest BCUT2D eigenvalue weighted by atomic mass is 16.2. The molecule has 2 atom stereocenters. The zero-order valence-corrected chi connectivity index (χ0v) is 16.3. The normalized spacial score (nSPS) is 28.4. The second kappa shape index (κ2) is 6.20. The summed E-state index contributed by atoms with van der Waals surface area (Å²) < 4.78 is 0. The Bertz CT molecular complexity index is 905. The minimum absolute atomic E-state index is 0.0116. The summed E-state index contributed by atoms with van der Waals surface area (Å²) in [6.07, 6.45) is 5.20. The van der Waals surface area contributed by atoms with Crippen molar-refractivity contribution in [3.05, 3.63) is 71.8 Å². The molecule has 3 aliphatic rings. The fraction of sp³-hybridized carbons (Fsp3) is 0.417. The molecule has 28 heavy (non-hydrogen) atoms. The van der Waals surface area contributed by atoms with Crippen LogP contribution in [0.1, 0.15) is 49.3 Å². The van der Waals surface area contributed by atoms with E-state index in [9.17, 15) is 9.59 Å². The molecular weight excluding hydrogens is 348 g/mol. The van der Waals surface area contributed by atoms with Crippen molar-refractivity contribution in [1.82, 2.24) is 9.80 Å². The highest BCUT2D eigenvalue weighted by Crippen LogP contribution is 2.68. The maximum atomic E-state index is 13.7. The van der Waals surface area contributed by atoms with Gasteiger partial charge in [-0.2, -0.15) is 0 Å². The number of benzene rings is 2. The summed E-state index contributed by atoms with van der Waals surface area (Å²) in [5.74, 6) is 0.0350. The maximum absolute atomic E-state index is 13.7. The van der Waals surface area contributed by atoms with Crippen molar-refractivity contribution >= 4 is 11.8 Å². The van der Waals surface area contributed by atoms with Gasteiger partial charge in [0, 0.05) is 13.6 Å². The molecule has 3 fully saturated rings. The SMILES string of the molecule is CN1C(=O)[C@]2(C(=O)N(Cc3ccccc3)C23CCCCC3)[C@@H]1c1ccccc1. The zero-order valence-electron chi connectivity index (χ0n) is 16.3. The van der Waals surface area contributed by atoms with Gasteiger partial charge in [-0.25, -0.2) is 0 Å². The lowest BCUT2D eigenvalue weighted by molar-refractivity contribution is -0.244. The van der Waals surface area contributed by atoms with Crippen molar-refractivity contribution in [2.45, 2.75) is 50.2 Å². The molecule has 2 aromatic carbocycles. The van der Waals surface area contributed by atoms with Crippen LogP contribution in [0.4, 0.5) is 0 Å². The van der Waals surface area contributed by atoms with Crippen molar-refractivity contribution < 1.29 is 9.59 Å². The van der Waals surface area contributed by atoms with Crippen LogP contribution >= 0.6 is 0 Å². The van der Waals surface area contributed by atoms with Gasteiger partial charge in [-0.15, -0.1) is 0 Å². The van der Waals surface area contributed by atoms with Crippen LogP contribution in [0.5, 0.6) is 0 Å². The first-order chi connectivity index (χ1) is 13.6. The van der Waals surface area contributed by atoms with E-state index >= 15 is 0 Å². The molecule has 2 aliphatic heterocycles. The lowest BCUT2D eigenvalue weighted by atomic mass is 9.46. The van der Waals surface area contributed by atoms with Crippen LogP contribution in [-0.4, -0.2) is 34.2 Å². The Morgan fingerprint density at radius 3 is 2.11 bits per heavy atom. The summed E-state index contributed by atoms with van der Waals surface area (Å²) in [5.41, 5.74) is 0.954.